The zero-order valence-electron chi connectivity index (χ0n) is 11.8. The van der Waals surface area contributed by atoms with Crippen molar-refractivity contribution in [1.29, 1.82) is 0 Å². The smallest absolute Gasteiger partial charge is 0.176 e. The van der Waals surface area contributed by atoms with Crippen LogP contribution in [0.5, 0.6) is 0 Å². The predicted octanol–water partition coefficient (Wildman–Crippen LogP) is 1.87. The number of anilines is 1. The lowest BCUT2D eigenvalue weighted by atomic mass is 10.1. The van der Waals surface area contributed by atoms with E-state index in [4.69, 9.17) is 10.5 Å². The van der Waals surface area contributed by atoms with E-state index in [-0.39, 0.29) is 18.0 Å². The molecule has 2 N–H and O–H groups in total. The molecule has 104 valence electrons. The molecule has 1 aromatic carbocycles. The van der Waals surface area contributed by atoms with Gasteiger partial charge in [-0.25, -0.2) is 0 Å². The normalized spacial score (nSPS) is 24.4. The molecule has 0 bridgehead atoms. The number of ether oxygens (including phenoxy) is 1. The summed E-state index contributed by atoms with van der Waals surface area (Å²) in [5.74, 6) is 0.119. The van der Waals surface area contributed by atoms with Gasteiger partial charge in [0, 0.05) is 24.3 Å². The van der Waals surface area contributed by atoms with Crippen LogP contribution in [0.25, 0.3) is 0 Å². The van der Waals surface area contributed by atoms with Crippen molar-refractivity contribution in [2.75, 3.05) is 25.4 Å². The summed E-state index contributed by atoms with van der Waals surface area (Å²) >= 11 is 0. The number of ketones is 1. The fourth-order valence-corrected chi connectivity index (χ4v) is 2.52. The molecular weight excluding hydrogens is 240 g/mol. The van der Waals surface area contributed by atoms with Gasteiger partial charge < -0.3 is 10.5 Å². The van der Waals surface area contributed by atoms with Crippen LogP contribution in [0.15, 0.2) is 18.2 Å². The highest BCUT2D eigenvalue weighted by Crippen LogP contribution is 2.15. The van der Waals surface area contributed by atoms with E-state index < -0.39 is 0 Å². The van der Waals surface area contributed by atoms with Gasteiger partial charge in [0.2, 0.25) is 0 Å². The zero-order valence-corrected chi connectivity index (χ0v) is 11.8. The van der Waals surface area contributed by atoms with Crippen LogP contribution in [-0.4, -0.2) is 42.5 Å². The van der Waals surface area contributed by atoms with Gasteiger partial charge in [-0.3, -0.25) is 9.69 Å². The summed E-state index contributed by atoms with van der Waals surface area (Å²) in [4.78, 5) is 14.4. The number of morpholine rings is 1. The van der Waals surface area contributed by atoms with Gasteiger partial charge in [-0.15, -0.1) is 0 Å². The Hall–Kier alpha value is -1.39. The molecule has 1 aliphatic rings. The molecular formula is C15H22N2O2. The van der Waals surface area contributed by atoms with E-state index in [1.165, 1.54) is 0 Å². The van der Waals surface area contributed by atoms with Gasteiger partial charge in [0.1, 0.15) is 0 Å². The first-order valence-corrected chi connectivity index (χ1v) is 6.73. The van der Waals surface area contributed by atoms with Gasteiger partial charge in [0.15, 0.2) is 5.78 Å². The van der Waals surface area contributed by atoms with Crippen molar-refractivity contribution >= 4 is 11.5 Å². The van der Waals surface area contributed by atoms with E-state index in [2.05, 4.69) is 4.90 Å². The maximum Gasteiger partial charge on any atom is 0.176 e. The Kier molecular flexibility index (Phi) is 4.22. The minimum atomic E-state index is 0.119. The maximum atomic E-state index is 12.3. The number of rotatable bonds is 3. The number of carbonyl (C=O) groups is 1. The maximum absolute atomic E-state index is 12.3. The lowest BCUT2D eigenvalue weighted by Crippen LogP contribution is -2.47. The molecule has 0 spiro atoms. The molecule has 0 aliphatic carbocycles. The van der Waals surface area contributed by atoms with E-state index in [9.17, 15) is 4.79 Å². The molecule has 2 unspecified atom stereocenters. The van der Waals surface area contributed by atoms with Crippen LogP contribution in [0.1, 0.15) is 29.8 Å². The second kappa shape index (κ2) is 5.72. The number of nitrogens with two attached hydrogens (primary N) is 1. The standard InChI is InChI=1S/C15H22N2O2/c1-10-4-5-13(6-14(10)16)15(18)9-17-7-11(2)19-12(3)8-17/h4-6,11-12H,7-9,16H2,1-3H3. The van der Waals surface area contributed by atoms with Crippen LogP contribution < -0.4 is 5.73 Å². The van der Waals surface area contributed by atoms with E-state index in [0.29, 0.717) is 17.8 Å². The summed E-state index contributed by atoms with van der Waals surface area (Å²) in [6.07, 6.45) is 0.360. The molecule has 1 saturated heterocycles. The molecule has 0 amide bonds. The van der Waals surface area contributed by atoms with Crippen molar-refractivity contribution in [2.24, 2.45) is 0 Å². The summed E-state index contributed by atoms with van der Waals surface area (Å²) in [5.41, 5.74) is 8.22. The lowest BCUT2D eigenvalue weighted by Gasteiger charge is -2.34. The van der Waals surface area contributed by atoms with E-state index in [1.54, 1.807) is 6.07 Å². The molecule has 0 aromatic heterocycles. The molecule has 4 nitrogen and oxygen atoms in total. The monoisotopic (exact) mass is 262 g/mol. The third kappa shape index (κ3) is 3.55. The Labute approximate surface area is 114 Å². The highest BCUT2D eigenvalue weighted by atomic mass is 16.5. The van der Waals surface area contributed by atoms with Crippen molar-refractivity contribution in [3.63, 3.8) is 0 Å². The van der Waals surface area contributed by atoms with Gasteiger partial charge in [0.05, 0.1) is 18.8 Å². The largest absolute Gasteiger partial charge is 0.398 e. The highest BCUT2D eigenvalue weighted by molar-refractivity contribution is 5.98. The number of nitrogens with zero attached hydrogens (tertiary/aromatic N) is 1. The van der Waals surface area contributed by atoms with Crippen LogP contribution in [0, 0.1) is 6.92 Å². The first-order chi connectivity index (χ1) is 8.95. The minimum Gasteiger partial charge on any atom is -0.398 e. The molecule has 1 fully saturated rings. The fraction of sp³-hybridized carbons (Fsp3) is 0.533. The van der Waals surface area contributed by atoms with Gasteiger partial charge in [-0.05, 0) is 32.4 Å². The number of Topliss-reactive ketones (excluding diaryl/α,β-unsaturated/α-hetero) is 1. The van der Waals surface area contributed by atoms with E-state index in [0.717, 1.165) is 18.7 Å². The third-order valence-corrected chi connectivity index (χ3v) is 3.46. The molecule has 1 heterocycles. The Bertz CT molecular complexity index is 463. The first kappa shape index (κ1) is 14.0. The first-order valence-electron chi connectivity index (χ1n) is 6.73. The topological polar surface area (TPSA) is 55.6 Å². The van der Waals surface area contributed by atoms with Crippen LogP contribution in [0.3, 0.4) is 0 Å². The molecule has 1 aliphatic heterocycles. The Morgan fingerprint density at radius 3 is 2.58 bits per heavy atom. The number of hydrogen-bond acceptors (Lipinski definition) is 4. The average molecular weight is 262 g/mol. The van der Waals surface area contributed by atoms with Crippen molar-refractivity contribution in [2.45, 2.75) is 33.0 Å². The zero-order chi connectivity index (χ0) is 14.0. The van der Waals surface area contributed by atoms with Crippen LogP contribution >= 0.6 is 0 Å². The molecule has 1 aromatic rings. The average Bonchev–Trinajstić information content (AvgIpc) is 2.31. The lowest BCUT2D eigenvalue weighted by molar-refractivity contribution is -0.0652. The minimum absolute atomic E-state index is 0.119. The molecule has 0 radical (unpaired) electrons. The van der Waals surface area contributed by atoms with Crippen LogP contribution in [-0.2, 0) is 4.74 Å². The van der Waals surface area contributed by atoms with E-state index >= 15 is 0 Å². The number of aryl methyl sites for hydroxylation is 1. The van der Waals surface area contributed by atoms with Gasteiger partial charge in [-0.2, -0.15) is 0 Å². The Morgan fingerprint density at radius 1 is 1.37 bits per heavy atom. The quantitative estimate of drug-likeness (QED) is 0.667. The van der Waals surface area contributed by atoms with E-state index in [1.807, 2.05) is 32.9 Å². The number of hydrogen-bond donors (Lipinski definition) is 1. The summed E-state index contributed by atoms with van der Waals surface area (Å²) < 4.78 is 5.67. The Balaban J connectivity index is 2.02. The van der Waals surface area contributed by atoms with Crippen LogP contribution in [0.4, 0.5) is 5.69 Å². The summed E-state index contributed by atoms with van der Waals surface area (Å²) in [6, 6.07) is 5.51. The molecule has 0 saturated carbocycles. The second-order valence-corrected chi connectivity index (χ2v) is 5.45. The third-order valence-electron chi connectivity index (χ3n) is 3.46. The van der Waals surface area contributed by atoms with Gasteiger partial charge >= 0.3 is 0 Å². The van der Waals surface area contributed by atoms with Crippen LogP contribution in [0.2, 0.25) is 0 Å². The summed E-state index contributed by atoms with van der Waals surface area (Å²) in [6.45, 7) is 8.05. The molecule has 2 rings (SSSR count). The fourth-order valence-electron chi connectivity index (χ4n) is 2.52. The summed E-state index contributed by atoms with van der Waals surface area (Å²) in [7, 11) is 0. The second-order valence-electron chi connectivity index (χ2n) is 5.45. The number of benzene rings is 1. The van der Waals surface area contributed by atoms with Gasteiger partial charge in [-0.1, -0.05) is 12.1 Å². The highest BCUT2D eigenvalue weighted by Gasteiger charge is 2.24. The Morgan fingerprint density at radius 2 is 2.00 bits per heavy atom. The number of nitrogen functional groups attached to an aromatic ring is 1. The van der Waals surface area contributed by atoms with Crippen molar-refractivity contribution in [3.05, 3.63) is 29.3 Å². The number of carbonyl (C=O) groups excluding carboxylic acids is 1. The summed E-state index contributed by atoms with van der Waals surface area (Å²) in [5, 5.41) is 0. The molecule has 4 heteroatoms. The van der Waals surface area contributed by atoms with Crippen molar-refractivity contribution in [3.8, 4) is 0 Å². The van der Waals surface area contributed by atoms with Gasteiger partial charge in [0.25, 0.3) is 0 Å². The SMILES string of the molecule is Cc1ccc(C(=O)CN2CC(C)OC(C)C2)cc1N. The molecule has 2 atom stereocenters. The molecule has 19 heavy (non-hydrogen) atoms. The predicted molar refractivity (Wildman–Crippen MR) is 76.4 cm³/mol. The van der Waals surface area contributed by atoms with Crippen molar-refractivity contribution in [1.82, 2.24) is 4.90 Å². The van der Waals surface area contributed by atoms with Crippen molar-refractivity contribution < 1.29 is 9.53 Å².